The van der Waals surface area contributed by atoms with Gasteiger partial charge >= 0.3 is 0 Å². The van der Waals surface area contributed by atoms with Crippen LogP contribution in [0.1, 0.15) is 45.1 Å². The lowest BCUT2D eigenvalue weighted by Gasteiger charge is -2.50. The molecular formula is C26H27BrCl2N2O6. The van der Waals surface area contributed by atoms with Crippen molar-refractivity contribution in [1.29, 1.82) is 0 Å². The van der Waals surface area contributed by atoms with Crippen molar-refractivity contribution in [3.63, 3.8) is 0 Å². The van der Waals surface area contributed by atoms with Gasteiger partial charge in [-0.15, -0.1) is 23.2 Å². The Morgan fingerprint density at radius 2 is 1.73 bits per heavy atom. The number of methoxy groups -OCH3 is 1. The largest absolute Gasteiger partial charge is 0.504 e. The number of nitrogens with zero attached hydrogens (tertiary/aromatic N) is 2. The van der Waals surface area contributed by atoms with Crippen molar-refractivity contribution in [2.45, 2.75) is 54.8 Å². The molecule has 37 heavy (non-hydrogen) atoms. The zero-order chi connectivity index (χ0) is 27.4. The van der Waals surface area contributed by atoms with Gasteiger partial charge in [0.25, 0.3) is 11.8 Å². The number of aromatic hydroxyl groups is 1. The van der Waals surface area contributed by atoms with Crippen LogP contribution in [0.5, 0.6) is 11.5 Å². The van der Waals surface area contributed by atoms with Crippen LogP contribution in [0, 0.1) is 17.8 Å². The van der Waals surface area contributed by atoms with Crippen LogP contribution in [0.3, 0.4) is 0 Å². The number of benzene rings is 1. The smallest absolute Gasteiger partial charge is 0.253 e. The maximum atomic E-state index is 13.8. The summed E-state index contributed by atoms with van der Waals surface area (Å²) in [5.41, 5.74) is 0.113. The zero-order valence-corrected chi connectivity index (χ0v) is 24.1. The molecule has 1 saturated carbocycles. The summed E-state index contributed by atoms with van der Waals surface area (Å²) >= 11 is 17.7. The Morgan fingerprint density at radius 3 is 2.32 bits per heavy atom. The number of allylic oxidation sites excluding steroid dienone is 2. The van der Waals surface area contributed by atoms with Crippen molar-refractivity contribution in [3.05, 3.63) is 33.8 Å². The van der Waals surface area contributed by atoms with Gasteiger partial charge in [0.15, 0.2) is 21.2 Å². The van der Waals surface area contributed by atoms with E-state index in [1.807, 2.05) is 6.08 Å². The molecule has 1 N–H and O–H groups in total. The molecule has 2 aliphatic carbocycles. The van der Waals surface area contributed by atoms with Crippen LogP contribution >= 0.6 is 39.1 Å². The third-order valence-electron chi connectivity index (χ3n) is 8.29. The second-order valence-electron chi connectivity index (χ2n) is 11.2. The van der Waals surface area contributed by atoms with E-state index in [4.69, 9.17) is 27.9 Å². The molecule has 4 amide bonds. The third-order valence-corrected chi connectivity index (χ3v) is 10.2. The maximum absolute atomic E-state index is 13.8. The number of halogens is 3. The van der Waals surface area contributed by atoms with Crippen LogP contribution < -0.4 is 4.74 Å². The first-order valence-corrected chi connectivity index (χ1v) is 13.5. The second-order valence-corrected chi connectivity index (χ2v) is 13.4. The lowest BCUT2D eigenvalue weighted by Crippen LogP contribution is -2.60. The molecule has 0 aromatic heterocycles. The predicted octanol–water partition coefficient (Wildman–Crippen LogP) is 3.95. The molecule has 5 rings (SSSR count). The number of alkyl halides is 2. The monoisotopic (exact) mass is 612 g/mol. The first-order valence-electron chi connectivity index (χ1n) is 12.0. The van der Waals surface area contributed by atoms with Gasteiger partial charge in [-0.25, -0.2) is 0 Å². The Labute approximate surface area is 233 Å². The minimum Gasteiger partial charge on any atom is -0.504 e. The molecule has 8 nitrogen and oxygen atoms in total. The average molecular weight is 614 g/mol. The fourth-order valence-corrected chi connectivity index (χ4v) is 8.19. The van der Waals surface area contributed by atoms with Crippen molar-refractivity contribution >= 4 is 62.8 Å². The Bertz CT molecular complexity index is 1310. The van der Waals surface area contributed by atoms with Crippen molar-refractivity contribution < 1.29 is 29.0 Å². The number of ether oxygens (including phenoxy) is 1. The quantitative estimate of drug-likeness (QED) is 0.308. The van der Waals surface area contributed by atoms with Gasteiger partial charge in [0.1, 0.15) is 0 Å². The Morgan fingerprint density at radius 1 is 1.08 bits per heavy atom. The van der Waals surface area contributed by atoms with Crippen LogP contribution in [0.4, 0.5) is 0 Å². The van der Waals surface area contributed by atoms with E-state index in [1.165, 1.54) is 19.1 Å². The summed E-state index contributed by atoms with van der Waals surface area (Å²) in [7, 11) is 2.71. The minimum atomic E-state index is -1.98. The van der Waals surface area contributed by atoms with Gasteiger partial charge < -0.3 is 9.84 Å². The summed E-state index contributed by atoms with van der Waals surface area (Å²) in [6.45, 7) is 5.39. The van der Waals surface area contributed by atoms with Gasteiger partial charge in [-0.1, -0.05) is 27.6 Å². The highest BCUT2D eigenvalue weighted by Crippen LogP contribution is 2.66. The highest BCUT2D eigenvalue weighted by Gasteiger charge is 2.76. The van der Waals surface area contributed by atoms with Crippen molar-refractivity contribution in [2.24, 2.45) is 17.8 Å². The van der Waals surface area contributed by atoms with Gasteiger partial charge in [-0.2, -0.15) is 0 Å². The molecule has 2 saturated heterocycles. The number of fused-ring (bicyclic) bond motifs is 4. The molecule has 3 fully saturated rings. The summed E-state index contributed by atoms with van der Waals surface area (Å²) in [6, 6.07) is 3.17. The molecular weight excluding hydrogens is 587 g/mol. The normalized spacial score (nSPS) is 35.4. The zero-order valence-electron chi connectivity index (χ0n) is 21.0. The predicted molar refractivity (Wildman–Crippen MR) is 139 cm³/mol. The number of imide groups is 2. The first kappa shape index (κ1) is 26.5. The number of hydrogen-bond donors (Lipinski definition) is 1. The summed E-state index contributed by atoms with van der Waals surface area (Å²) in [5.74, 6) is -5.17. The number of amides is 4. The second kappa shape index (κ2) is 8.20. The van der Waals surface area contributed by atoms with E-state index in [1.54, 1.807) is 32.9 Å². The molecule has 0 unspecified atom stereocenters. The van der Waals surface area contributed by atoms with Crippen molar-refractivity contribution in [2.75, 3.05) is 14.2 Å². The van der Waals surface area contributed by atoms with Gasteiger partial charge in [-0.05, 0) is 51.7 Å². The van der Waals surface area contributed by atoms with Crippen molar-refractivity contribution in [1.82, 2.24) is 9.80 Å². The van der Waals surface area contributed by atoms with Crippen LogP contribution in [0.2, 0.25) is 0 Å². The summed E-state index contributed by atoms with van der Waals surface area (Å²) < 4.78 is 5.89. The van der Waals surface area contributed by atoms with E-state index in [0.717, 1.165) is 4.90 Å². The minimum absolute atomic E-state index is 0.0978. The fraction of sp³-hybridized carbons (Fsp3) is 0.538. The number of phenols is 1. The SMILES string of the molecule is COc1cc(Br)cc([C@H]2C3=CC[C@@H]4C(=O)N(C(C)(C)C)C(=O)[C@@H]4[C@@H]3C[C@@]3(Cl)C(=O)N(C)C(=O)[C@@]23Cl)c1O. The van der Waals surface area contributed by atoms with Gasteiger partial charge in [0.2, 0.25) is 11.8 Å². The summed E-state index contributed by atoms with van der Waals surface area (Å²) in [5, 5.41) is 11.2. The lowest BCUT2D eigenvalue weighted by atomic mass is 9.56. The van der Waals surface area contributed by atoms with E-state index < -0.39 is 50.8 Å². The number of carbonyl (C=O) groups excluding carboxylic acids is 4. The molecule has 0 bridgehead atoms. The van der Waals surface area contributed by atoms with E-state index >= 15 is 0 Å². The van der Waals surface area contributed by atoms with Crippen molar-refractivity contribution in [3.8, 4) is 11.5 Å². The number of hydrogen-bond acceptors (Lipinski definition) is 6. The van der Waals surface area contributed by atoms with Crippen LogP contribution in [-0.2, 0) is 19.2 Å². The van der Waals surface area contributed by atoms with Crippen LogP contribution in [-0.4, -0.2) is 68.0 Å². The highest BCUT2D eigenvalue weighted by molar-refractivity contribution is 9.10. The van der Waals surface area contributed by atoms with Gasteiger partial charge in [0, 0.05) is 28.5 Å². The molecule has 11 heteroatoms. The molecule has 2 aliphatic heterocycles. The van der Waals surface area contributed by atoms with Crippen LogP contribution in [0.25, 0.3) is 0 Å². The molecule has 2 heterocycles. The Hall–Kier alpha value is -2.10. The molecule has 6 atom stereocenters. The average Bonchev–Trinajstić information content (AvgIpc) is 3.15. The number of carbonyl (C=O) groups is 4. The molecule has 198 valence electrons. The molecule has 1 aromatic carbocycles. The molecule has 0 radical (unpaired) electrons. The third kappa shape index (κ3) is 3.26. The lowest BCUT2D eigenvalue weighted by molar-refractivity contribution is -0.146. The van der Waals surface area contributed by atoms with E-state index in [-0.39, 0.29) is 41.7 Å². The standard InChI is InChI=1S/C26H27BrCl2N2O6/c1-24(2,3)31-20(33)13-7-6-12-15(17(13)21(31)34)10-25(28)22(35)30(4)23(36)26(25,29)18(12)14-8-11(27)9-16(37-5)19(14)32/h6,8-9,13,15,17-18,32H,7,10H2,1-5H3/t13-,15+,17-,18+,25+,26-/m0/s1. The summed E-state index contributed by atoms with van der Waals surface area (Å²) in [6.07, 6.45) is 1.99. The maximum Gasteiger partial charge on any atom is 0.253 e. The van der Waals surface area contributed by atoms with Gasteiger partial charge in [0.05, 0.1) is 18.9 Å². The number of likely N-dealkylation sites (tertiary alicyclic amines) is 2. The Kier molecular flexibility index (Phi) is 5.87. The number of rotatable bonds is 2. The first-order chi connectivity index (χ1) is 17.1. The van der Waals surface area contributed by atoms with Crippen LogP contribution in [0.15, 0.2) is 28.3 Å². The van der Waals surface area contributed by atoms with Gasteiger partial charge in [-0.3, -0.25) is 29.0 Å². The molecule has 0 spiro atoms. The van der Waals surface area contributed by atoms with E-state index in [2.05, 4.69) is 15.9 Å². The summed E-state index contributed by atoms with van der Waals surface area (Å²) in [4.78, 5) is 52.6. The Balaban J connectivity index is 1.77. The topological polar surface area (TPSA) is 104 Å². The highest BCUT2D eigenvalue weighted by atomic mass is 79.9. The van der Waals surface area contributed by atoms with E-state index in [9.17, 15) is 24.3 Å². The molecule has 1 aromatic rings. The van der Waals surface area contributed by atoms with E-state index in [0.29, 0.717) is 10.0 Å². The fourth-order valence-electron chi connectivity index (χ4n) is 6.72. The molecule has 4 aliphatic rings. The number of phenolic OH excluding ortho intramolecular Hbond substituents is 1.